The molecule has 0 aromatic carbocycles. The number of allylic oxidation sites excluding steroid dienone is 3. The maximum Gasteiger partial charge on any atom is 0.305 e. The van der Waals surface area contributed by atoms with Crippen molar-refractivity contribution in [2.24, 2.45) is 0 Å². The standard InChI is InChI=1S/C47H80O16/c1-5-7-9-11-12-16-23-37(51)40(62-39(24-17-10-8-6-2)38(52)29-27-34(49)21-19-20-26-43(54)59-4)30-28-36(22-15-13-14-18-25-42(53)58-3)60-33-41-44(55)45(56)46(57)47(63-41)61-32-35(50)31-48/h10,12-13,15-17,27-30,34-41,44-52,55-57H,5-9,11,14,18-26,31-33H2,1-4H3/b15-13-,16-12-,17-10-,29-27+,30-28+/t34-,35+,36+,37+,38+,39+,40+,41+,44+,45-,46+,47+/m0/s1. The summed E-state index contributed by atoms with van der Waals surface area (Å²) in [6.45, 7) is 2.88. The number of aliphatic hydroxyl groups is 8. The maximum atomic E-state index is 11.6. The number of carbonyl (C=O) groups is 2. The van der Waals surface area contributed by atoms with Crippen LogP contribution in [0, 0.1) is 0 Å². The molecule has 0 aromatic heterocycles. The number of ether oxygens (including phenoxy) is 6. The van der Waals surface area contributed by atoms with Crippen molar-refractivity contribution in [3.05, 3.63) is 60.8 Å². The summed E-state index contributed by atoms with van der Waals surface area (Å²) in [7, 11) is 2.66. The van der Waals surface area contributed by atoms with Gasteiger partial charge in [-0.1, -0.05) is 93.9 Å². The minimum absolute atomic E-state index is 0.246. The third kappa shape index (κ3) is 26.7. The van der Waals surface area contributed by atoms with E-state index in [1.807, 2.05) is 36.5 Å². The number of esters is 2. The third-order valence-corrected chi connectivity index (χ3v) is 10.3. The van der Waals surface area contributed by atoms with Crippen LogP contribution < -0.4 is 0 Å². The van der Waals surface area contributed by atoms with Crippen LogP contribution in [0.3, 0.4) is 0 Å². The molecule has 1 aliphatic rings. The molecule has 0 spiro atoms. The summed E-state index contributed by atoms with van der Waals surface area (Å²) in [6.07, 6.45) is 13.2. The molecule has 0 aromatic rings. The van der Waals surface area contributed by atoms with E-state index in [0.717, 1.165) is 38.5 Å². The Morgan fingerprint density at radius 3 is 2.00 bits per heavy atom. The molecule has 0 unspecified atom stereocenters. The molecule has 1 fully saturated rings. The Balaban J connectivity index is 3.44. The predicted molar refractivity (Wildman–Crippen MR) is 237 cm³/mol. The number of unbranched alkanes of at least 4 members (excludes halogenated alkanes) is 6. The van der Waals surface area contributed by atoms with Gasteiger partial charge >= 0.3 is 11.9 Å². The van der Waals surface area contributed by atoms with E-state index in [1.165, 1.54) is 26.4 Å². The zero-order valence-electron chi connectivity index (χ0n) is 38.0. The Bertz CT molecular complexity index is 1320. The lowest BCUT2D eigenvalue weighted by Crippen LogP contribution is -2.59. The summed E-state index contributed by atoms with van der Waals surface area (Å²) in [5.74, 6) is -0.636. The minimum Gasteiger partial charge on any atom is -0.469 e. The van der Waals surface area contributed by atoms with Crippen LogP contribution >= 0.6 is 0 Å². The number of rotatable bonds is 36. The van der Waals surface area contributed by atoms with Gasteiger partial charge in [-0.2, -0.15) is 0 Å². The molecular formula is C47H80O16. The molecule has 16 nitrogen and oxygen atoms in total. The van der Waals surface area contributed by atoms with Gasteiger partial charge in [-0.15, -0.1) is 0 Å². The predicted octanol–water partition coefficient (Wildman–Crippen LogP) is 3.79. The van der Waals surface area contributed by atoms with Crippen molar-refractivity contribution in [2.75, 3.05) is 34.0 Å². The summed E-state index contributed by atoms with van der Waals surface area (Å²) >= 11 is 0. The highest BCUT2D eigenvalue weighted by Crippen LogP contribution is 2.24. The van der Waals surface area contributed by atoms with Gasteiger partial charge in [-0.25, -0.2) is 0 Å². The zero-order valence-corrected chi connectivity index (χ0v) is 38.0. The van der Waals surface area contributed by atoms with Crippen molar-refractivity contribution in [1.29, 1.82) is 0 Å². The Morgan fingerprint density at radius 1 is 0.683 bits per heavy atom. The van der Waals surface area contributed by atoms with E-state index in [2.05, 4.69) is 18.6 Å². The Kier molecular flexibility index (Phi) is 33.6. The largest absolute Gasteiger partial charge is 0.469 e. The van der Waals surface area contributed by atoms with Gasteiger partial charge in [0, 0.05) is 12.8 Å². The molecule has 8 N–H and O–H groups in total. The van der Waals surface area contributed by atoms with Crippen molar-refractivity contribution in [3.8, 4) is 0 Å². The van der Waals surface area contributed by atoms with Crippen molar-refractivity contribution in [2.45, 2.75) is 190 Å². The van der Waals surface area contributed by atoms with E-state index in [-0.39, 0.29) is 44.2 Å². The van der Waals surface area contributed by atoms with Crippen molar-refractivity contribution >= 4 is 11.9 Å². The minimum atomic E-state index is -1.67. The molecule has 1 saturated heterocycles. The molecule has 0 aliphatic carbocycles. The van der Waals surface area contributed by atoms with Crippen molar-refractivity contribution in [3.63, 3.8) is 0 Å². The second-order valence-corrected chi connectivity index (χ2v) is 15.8. The van der Waals surface area contributed by atoms with E-state index < -0.39 is 86.6 Å². The highest BCUT2D eigenvalue weighted by Gasteiger charge is 2.44. The molecule has 364 valence electrons. The number of aliphatic hydroxyl groups excluding tert-OH is 8. The van der Waals surface area contributed by atoms with E-state index in [4.69, 9.17) is 28.8 Å². The molecule has 1 heterocycles. The van der Waals surface area contributed by atoms with Crippen LogP contribution in [0.4, 0.5) is 0 Å². The first kappa shape index (κ1) is 58.2. The van der Waals surface area contributed by atoms with Crippen LogP contribution in [0.1, 0.15) is 117 Å². The van der Waals surface area contributed by atoms with Crippen LogP contribution in [0.5, 0.6) is 0 Å². The van der Waals surface area contributed by atoms with Gasteiger partial charge in [0.05, 0.1) is 64.6 Å². The van der Waals surface area contributed by atoms with E-state index >= 15 is 0 Å². The van der Waals surface area contributed by atoms with Gasteiger partial charge in [0.2, 0.25) is 0 Å². The summed E-state index contributed by atoms with van der Waals surface area (Å²) in [5, 5.41) is 84.4. The highest BCUT2D eigenvalue weighted by atomic mass is 16.7. The highest BCUT2D eigenvalue weighted by molar-refractivity contribution is 5.69. The fraction of sp³-hybridized carbons (Fsp3) is 0.745. The van der Waals surface area contributed by atoms with Crippen molar-refractivity contribution in [1.82, 2.24) is 0 Å². The molecule has 1 rings (SSSR count). The fourth-order valence-electron chi connectivity index (χ4n) is 6.36. The summed E-state index contributed by atoms with van der Waals surface area (Å²) < 4.78 is 33.2. The van der Waals surface area contributed by atoms with Crippen LogP contribution in [0.15, 0.2) is 60.8 Å². The van der Waals surface area contributed by atoms with Crippen LogP contribution in [-0.4, -0.2) is 160 Å². The molecule has 63 heavy (non-hydrogen) atoms. The zero-order chi connectivity index (χ0) is 46.8. The number of carbonyl (C=O) groups excluding carboxylic acids is 2. The van der Waals surface area contributed by atoms with Crippen LogP contribution in [-0.2, 0) is 38.0 Å². The quantitative estimate of drug-likeness (QED) is 0.0253. The molecule has 16 heteroatoms. The molecular weight excluding hydrogens is 821 g/mol. The lowest BCUT2D eigenvalue weighted by atomic mass is 9.99. The maximum absolute atomic E-state index is 11.6. The molecule has 0 radical (unpaired) electrons. The summed E-state index contributed by atoms with van der Waals surface area (Å²) in [5.41, 5.74) is 0. The Labute approximate surface area is 374 Å². The normalized spacial score (nSPS) is 23.1. The first-order valence-electron chi connectivity index (χ1n) is 22.7. The number of hydrogen-bond acceptors (Lipinski definition) is 16. The lowest BCUT2D eigenvalue weighted by Gasteiger charge is -2.40. The Morgan fingerprint density at radius 2 is 1.33 bits per heavy atom. The van der Waals surface area contributed by atoms with Gasteiger partial charge in [0.25, 0.3) is 0 Å². The SMILES string of the molecule is CCC/C=C\C[C@@H](O[C@H](/C=C/[C@@H](C/C=C\CCCC(=O)OC)OC[C@H]1O[C@@H](OC[C@H](O)CO)[C@H](O)[C@@H](O)[C@@H]1O)[C@H](O)C/C=C\CCCCC)[C@H](O)/C=C/[C@@H](O)CCCCC(=O)OC. The van der Waals surface area contributed by atoms with Gasteiger partial charge in [0.1, 0.15) is 36.6 Å². The molecule has 0 amide bonds. The number of hydrogen-bond donors (Lipinski definition) is 8. The monoisotopic (exact) mass is 901 g/mol. The second-order valence-electron chi connectivity index (χ2n) is 15.8. The first-order valence-corrected chi connectivity index (χ1v) is 22.7. The average molecular weight is 901 g/mol. The van der Waals surface area contributed by atoms with Crippen LogP contribution in [0.2, 0.25) is 0 Å². The fourth-order valence-corrected chi connectivity index (χ4v) is 6.36. The lowest BCUT2D eigenvalue weighted by molar-refractivity contribution is -0.307. The van der Waals surface area contributed by atoms with Gasteiger partial charge in [-0.05, 0) is 70.6 Å². The number of methoxy groups -OCH3 is 2. The van der Waals surface area contributed by atoms with Crippen LogP contribution in [0.25, 0.3) is 0 Å². The molecule has 1 aliphatic heterocycles. The molecule has 12 atom stereocenters. The smallest absolute Gasteiger partial charge is 0.305 e. The molecule has 0 saturated carbocycles. The Hall–Kier alpha value is -2.84. The van der Waals surface area contributed by atoms with Gasteiger partial charge < -0.3 is 69.3 Å². The molecule has 0 bridgehead atoms. The summed E-state index contributed by atoms with van der Waals surface area (Å²) in [4.78, 5) is 23.0. The second kappa shape index (κ2) is 36.4. The topological polar surface area (TPSA) is 251 Å². The van der Waals surface area contributed by atoms with E-state index in [1.54, 1.807) is 12.2 Å². The van der Waals surface area contributed by atoms with Gasteiger partial charge in [-0.3, -0.25) is 9.59 Å². The summed E-state index contributed by atoms with van der Waals surface area (Å²) in [6, 6.07) is 0. The third-order valence-electron chi connectivity index (χ3n) is 10.3. The van der Waals surface area contributed by atoms with E-state index in [0.29, 0.717) is 38.5 Å². The van der Waals surface area contributed by atoms with E-state index in [9.17, 15) is 45.3 Å². The first-order chi connectivity index (χ1) is 30.3. The average Bonchev–Trinajstić information content (AvgIpc) is 3.28. The van der Waals surface area contributed by atoms with Crippen molar-refractivity contribution < 1.29 is 78.9 Å². The van der Waals surface area contributed by atoms with Gasteiger partial charge in [0.15, 0.2) is 6.29 Å².